The van der Waals surface area contributed by atoms with Crippen LogP contribution in [0.25, 0.3) is 10.8 Å². The second-order valence-corrected chi connectivity index (χ2v) is 7.65. The number of hydrogen-bond donors (Lipinski definition) is 1. The van der Waals surface area contributed by atoms with Gasteiger partial charge in [0.15, 0.2) is 0 Å². The minimum absolute atomic E-state index is 0.0229. The monoisotopic (exact) mass is 340 g/mol. The molecule has 0 aliphatic heterocycles. The Kier molecular flexibility index (Phi) is 4.43. The molecule has 1 N–H and O–H groups in total. The zero-order valence-electron chi connectivity index (χ0n) is 13.7. The SMILES string of the molecule is CC(C)c1c(Cc2ccccc2)cc2ccccc2c1S(=O)(=O)O. The van der Waals surface area contributed by atoms with E-state index in [0.29, 0.717) is 17.4 Å². The summed E-state index contributed by atoms with van der Waals surface area (Å²) in [7, 11) is -4.32. The van der Waals surface area contributed by atoms with Gasteiger partial charge >= 0.3 is 0 Å². The Morgan fingerprint density at radius 2 is 1.58 bits per heavy atom. The van der Waals surface area contributed by atoms with Crippen LogP contribution in [0, 0.1) is 0 Å². The highest BCUT2D eigenvalue weighted by atomic mass is 32.2. The van der Waals surface area contributed by atoms with E-state index >= 15 is 0 Å². The Balaban J connectivity index is 2.34. The molecule has 0 unspecified atom stereocenters. The summed E-state index contributed by atoms with van der Waals surface area (Å²) in [5.41, 5.74) is 2.73. The number of benzene rings is 3. The maximum absolute atomic E-state index is 12.1. The van der Waals surface area contributed by atoms with Crippen LogP contribution < -0.4 is 0 Å². The number of fused-ring (bicyclic) bond motifs is 1. The maximum atomic E-state index is 12.1. The van der Waals surface area contributed by atoms with Gasteiger partial charge in [0.05, 0.1) is 0 Å². The van der Waals surface area contributed by atoms with E-state index in [0.717, 1.165) is 16.5 Å². The zero-order valence-corrected chi connectivity index (χ0v) is 14.5. The summed E-state index contributed by atoms with van der Waals surface area (Å²) in [6.07, 6.45) is 0.627. The van der Waals surface area contributed by atoms with Gasteiger partial charge < -0.3 is 0 Å². The van der Waals surface area contributed by atoms with Gasteiger partial charge in [-0.1, -0.05) is 74.5 Å². The molecule has 0 spiro atoms. The van der Waals surface area contributed by atoms with Crippen LogP contribution in [-0.2, 0) is 16.5 Å². The quantitative estimate of drug-likeness (QED) is 0.694. The van der Waals surface area contributed by atoms with E-state index in [1.54, 1.807) is 12.1 Å². The highest BCUT2D eigenvalue weighted by Crippen LogP contribution is 2.35. The summed E-state index contributed by atoms with van der Waals surface area (Å²) in [6.45, 7) is 3.90. The van der Waals surface area contributed by atoms with Crippen LogP contribution in [0.5, 0.6) is 0 Å². The Hall–Kier alpha value is -2.17. The third-order valence-corrected chi connectivity index (χ3v) is 5.15. The standard InChI is InChI=1S/C20H20O3S/c1-14(2)19-17(12-15-8-4-3-5-9-15)13-16-10-6-7-11-18(16)20(19)24(21,22)23/h3-11,13-14H,12H2,1-2H3,(H,21,22,23). The molecule has 3 aromatic rings. The summed E-state index contributed by atoms with van der Waals surface area (Å²) >= 11 is 0. The minimum Gasteiger partial charge on any atom is -0.282 e. The van der Waals surface area contributed by atoms with E-state index in [2.05, 4.69) is 0 Å². The van der Waals surface area contributed by atoms with Gasteiger partial charge in [-0.15, -0.1) is 0 Å². The third-order valence-electron chi connectivity index (χ3n) is 4.20. The molecule has 0 heterocycles. The van der Waals surface area contributed by atoms with Crippen LogP contribution in [0.4, 0.5) is 0 Å². The molecule has 3 rings (SSSR count). The van der Waals surface area contributed by atoms with E-state index in [-0.39, 0.29) is 10.8 Å². The highest BCUT2D eigenvalue weighted by molar-refractivity contribution is 7.86. The maximum Gasteiger partial charge on any atom is 0.295 e. The lowest BCUT2D eigenvalue weighted by Gasteiger charge is -2.19. The van der Waals surface area contributed by atoms with E-state index < -0.39 is 10.1 Å². The minimum atomic E-state index is -4.32. The molecule has 0 fully saturated rings. The molecule has 0 aliphatic rings. The molecule has 0 atom stereocenters. The summed E-state index contributed by atoms with van der Waals surface area (Å²) in [4.78, 5) is 0.0431. The van der Waals surface area contributed by atoms with Crippen molar-refractivity contribution < 1.29 is 13.0 Å². The Labute approximate surface area is 142 Å². The van der Waals surface area contributed by atoms with Crippen LogP contribution in [-0.4, -0.2) is 13.0 Å². The van der Waals surface area contributed by atoms with Crippen molar-refractivity contribution in [3.63, 3.8) is 0 Å². The van der Waals surface area contributed by atoms with Crippen molar-refractivity contribution in [2.75, 3.05) is 0 Å². The average Bonchev–Trinajstić information content (AvgIpc) is 2.53. The number of rotatable bonds is 4. The fourth-order valence-electron chi connectivity index (χ4n) is 3.26. The van der Waals surface area contributed by atoms with Gasteiger partial charge in [-0.25, -0.2) is 0 Å². The van der Waals surface area contributed by atoms with E-state index in [1.165, 1.54) is 0 Å². The molecule has 3 nitrogen and oxygen atoms in total. The predicted octanol–water partition coefficient (Wildman–Crippen LogP) is 4.80. The first-order valence-electron chi connectivity index (χ1n) is 7.94. The number of hydrogen-bond acceptors (Lipinski definition) is 2. The molecule has 124 valence electrons. The Bertz CT molecular complexity index is 974. The fraction of sp³-hybridized carbons (Fsp3) is 0.200. The molecule has 0 saturated heterocycles. The van der Waals surface area contributed by atoms with Gasteiger partial charge in [0.2, 0.25) is 0 Å². The van der Waals surface area contributed by atoms with Crippen LogP contribution in [0.3, 0.4) is 0 Å². The molecular formula is C20H20O3S. The molecule has 0 radical (unpaired) electrons. The van der Waals surface area contributed by atoms with E-state index in [1.807, 2.05) is 62.4 Å². The molecule has 0 bridgehead atoms. The van der Waals surface area contributed by atoms with Crippen molar-refractivity contribution in [2.45, 2.75) is 31.1 Å². The average molecular weight is 340 g/mol. The largest absolute Gasteiger partial charge is 0.295 e. The first kappa shape index (κ1) is 16.7. The van der Waals surface area contributed by atoms with Crippen LogP contribution in [0.2, 0.25) is 0 Å². The molecule has 4 heteroatoms. The second kappa shape index (κ2) is 6.38. The van der Waals surface area contributed by atoms with Crippen molar-refractivity contribution in [3.8, 4) is 0 Å². The van der Waals surface area contributed by atoms with Gasteiger partial charge in [0.25, 0.3) is 10.1 Å². The second-order valence-electron chi connectivity index (χ2n) is 6.29. The fourth-order valence-corrected chi connectivity index (χ4v) is 4.37. The van der Waals surface area contributed by atoms with Crippen molar-refractivity contribution in [2.24, 2.45) is 0 Å². The summed E-state index contributed by atoms with van der Waals surface area (Å²) in [5, 5.41) is 1.39. The molecule has 0 saturated carbocycles. The van der Waals surface area contributed by atoms with E-state index in [4.69, 9.17) is 0 Å². The zero-order chi connectivity index (χ0) is 17.3. The molecular weight excluding hydrogens is 320 g/mol. The molecule has 3 aromatic carbocycles. The summed E-state index contributed by atoms with van der Waals surface area (Å²) < 4.78 is 34.1. The Morgan fingerprint density at radius 1 is 0.958 bits per heavy atom. The summed E-state index contributed by atoms with van der Waals surface area (Å²) in [6, 6.07) is 19.3. The van der Waals surface area contributed by atoms with Crippen molar-refractivity contribution in [1.82, 2.24) is 0 Å². The molecule has 24 heavy (non-hydrogen) atoms. The van der Waals surface area contributed by atoms with Crippen molar-refractivity contribution >= 4 is 20.9 Å². The smallest absolute Gasteiger partial charge is 0.282 e. The van der Waals surface area contributed by atoms with Gasteiger partial charge in [-0.3, -0.25) is 4.55 Å². The van der Waals surface area contributed by atoms with Gasteiger partial charge in [0, 0.05) is 5.39 Å². The van der Waals surface area contributed by atoms with Crippen LogP contribution in [0.15, 0.2) is 65.6 Å². The van der Waals surface area contributed by atoms with Gasteiger partial charge in [0.1, 0.15) is 4.90 Å². The van der Waals surface area contributed by atoms with E-state index in [9.17, 15) is 13.0 Å². The third kappa shape index (κ3) is 3.21. The van der Waals surface area contributed by atoms with Gasteiger partial charge in [-0.2, -0.15) is 8.42 Å². The normalized spacial score (nSPS) is 12.0. The van der Waals surface area contributed by atoms with Crippen molar-refractivity contribution in [1.29, 1.82) is 0 Å². The van der Waals surface area contributed by atoms with Crippen LogP contribution >= 0.6 is 0 Å². The first-order valence-corrected chi connectivity index (χ1v) is 9.38. The first-order chi connectivity index (χ1) is 11.4. The molecule has 0 aromatic heterocycles. The lowest BCUT2D eigenvalue weighted by atomic mass is 9.90. The summed E-state index contributed by atoms with van der Waals surface area (Å²) in [5.74, 6) is -0.0229. The lowest BCUT2D eigenvalue weighted by molar-refractivity contribution is 0.482. The molecule has 0 aliphatic carbocycles. The van der Waals surface area contributed by atoms with Crippen LogP contribution in [0.1, 0.15) is 36.5 Å². The Morgan fingerprint density at radius 3 is 2.21 bits per heavy atom. The van der Waals surface area contributed by atoms with Gasteiger partial charge in [-0.05, 0) is 34.4 Å². The topological polar surface area (TPSA) is 54.4 Å². The molecule has 0 amide bonds. The lowest BCUT2D eigenvalue weighted by Crippen LogP contribution is -2.09. The highest BCUT2D eigenvalue weighted by Gasteiger charge is 2.24. The van der Waals surface area contributed by atoms with Crippen molar-refractivity contribution in [3.05, 3.63) is 77.4 Å². The predicted molar refractivity (Wildman–Crippen MR) is 97.1 cm³/mol.